The molecular formula is C22H24N6OS2. The summed E-state index contributed by atoms with van der Waals surface area (Å²) in [6.45, 7) is 1.93. The number of benzene rings is 1. The molecule has 1 aliphatic carbocycles. The molecule has 1 atom stereocenters. The third-order valence-corrected chi connectivity index (χ3v) is 7.64. The summed E-state index contributed by atoms with van der Waals surface area (Å²) >= 11 is 3.02. The minimum Gasteiger partial charge on any atom is -0.368 e. The second kappa shape index (κ2) is 9.54. The molecule has 31 heavy (non-hydrogen) atoms. The number of carbonyl (C=O) groups excluding carboxylic acids is 1. The Morgan fingerprint density at radius 2 is 2.10 bits per heavy atom. The molecule has 7 nitrogen and oxygen atoms in total. The number of fused-ring (bicyclic) bond motifs is 1. The van der Waals surface area contributed by atoms with Crippen molar-refractivity contribution in [3.05, 3.63) is 51.9 Å². The molecule has 0 aliphatic heterocycles. The molecule has 160 valence electrons. The number of amides is 1. The number of anilines is 2. The fraction of sp³-hybridized carbons (Fsp3) is 0.364. The molecule has 0 radical (unpaired) electrons. The van der Waals surface area contributed by atoms with Crippen LogP contribution in [0.5, 0.6) is 0 Å². The van der Waals surface area contributed by atoms with Crippen LogP contribution in [-0.2, 0) is 23.4 Å². The summed E-state index contributed by atoms with van der Waals surface area (Å²) < 4.78 is 1.70. The van der Waals surface area contributed by atoms with Gasteiger partial charge in [0, 0.05) is 10.6 Å². The molecule has 0 spiro atoms. The number of nitrogens with zero attached hydrogens (tertiary/aromatic N) is 4. The number of thioether (sulfide) groups is 1. The third-order valence-electron chi connectivity index (χ3n) is 5.42. The molecule has 0 bridgehead atoms. The molecule has 1 aliphatic rings. The summed E-state index contributed by atoms with van der Waals surface area (Å²) in [5.41, 5.74) is 8.96. The molecule has 3 N–H and O–H groups in total. The number of hydrogen-bond donors (Lipinski definition) is 2. The van der Waals surface area contributed by atoms with Crippen molar-refractivity contribution in [1.82, 2.24) is 14.8 Å². The Bertz CT molecular complexity index is 1120. The largest absolute Gasteiger partial charge is 0.368 e. The number of aryl methyl sites for hydroxylation is 1. The SMILES string of the molecule is CCC(C(=O)Nc1sc2c(c1C#N)CCCC2)n1c(N)nnc1SCc1ccccc1. The van der Waals surface area contributed by atoms with Gasteiger partial charge in [-0.25, -0.2) is 0 Å². The second-order valence-corrected chi connectivity index (χ2v) is 9.47. The predicted molar refractivity (Wildman–Crippen MR) is 124 cm³/mol. The number of aromatic nitrogens is 3. The van der Waals surface area contributed by atoms with Gasteiger partial charge in [-0.2, -0.15) is 5.26 Å². The summed E-state index contributed by atoms with van der Waals surface area (Å²) in [6.07, 6.45) is 4.62. The number of rotatable bonds is 7. The zero-order valence-corrected chi connectivity index (χ0v) is 18.9. The number of carbonyl (C=O) groups is 1. The van der Waals surface area contributed by atoms with Crippen molar-refractivity contribution in [2.24, 2.45) is 0 Å². The lowest BCUT2D eigenvalue weighted by Crippen LogP contribution is -2.27. The Morgan fingerprint density at radius 1 is 1.32 bits per heavy atom. The van der Waals surface area contributed by atoms with Gasteiger partial charge in [0.25, 0.3) is 0 Å². The van der Waals surface area contributed by atoms with Crippen molar-refractivity contribution in [2.75, 3.05) is 11.1 Å². The van der Waals surface area contributed by atoms with E-state index < -0.39 is 6.04 Å². The fourth-order valence-corrected chi connectivity index (χ4v) is 6.04. The summed E-state index contributed by atoms with van der Waals surface area (Å²) in [4.78, 5) is 14.5. The van der Waals surface area contributed by atoms with Crippen molar-refractivity contribution in [3.8, 4) is 6.07 Å². The topological polar surface area (TPSA) is 110 Å². The first kappa shape index (κ1) is 21.4. The van der Waals surface area contributed by atoms with Crippen LogP contribution in [0.25, 0.3) is 0 Å². The number of hydrogen-bond acceptors (Lipinski definition) is 7. The highest BCUT2D eigenvalue weighted by Gasteiger charge is 2.28. The molecule has 0 fully saturated rings. The molecule has 2 aromatic heterocycles. The van der Waals surface area contributed by atoms with E-state index in [1.807, 2.05) is 37.3 Å². The molecule has 3 aromatic rings. The van der Waals surface area contributed by atoms with Gasteiger partial charge in [0.1, 0.15) is 17.1 Å². The Hall–Kier alpha value is -2.83. The highest BCUT2D eigenvalue weighted by atomic mass is 32.2. The highest BCUT2D eigenvalue weighted by molar-refractivity contribution is 7.98. The molecule has 0 saturated carbocycles. The first-order chi connectivity index (χ1) is 15.1. The normalized spacial score (nSPS) is 13.9. The van der Waals surface area contributed by atoms with E-state index in [0.29, 0.717) is 27.9 Å². The van der Waals surface area contributed by atoms with Gasteiger partial charge in [0.05, 0.1) is 5.56 Å². The lowest BCUT2D eigenvalue weighted by molar-refractivity contribution is -0.119. The van der Waals surface area contributed by atoms with Crippen LogP contribution in [0.3, 0.4) is 0 Å². The van der Waals surface area contributed by atoms with E-state index in [4.69, 9.17) is 5.73 Å². The highest BCUT2D eigenvalue weighted by Crippen LogP contribution is 2.38. The Morgan fingerprint density at radius 3 is 2.84 bits per heavy atom. The van der Waals surface area contributed by atoms with Crippen LogP contribution >= 0.6 is 23.1 Å². The molecule has 9 heteroatoms. The predicted octanol–water partition coefficient (Wildman–Crippen LogP) is 4.55. The number of thiophene rings is 1. The summed E-state index contributed by atoms with van der Waals surface area (Å²) in [7, 11) is 0. The van der Waals surface area contributed by atoms with Crippen LogP contribution in [0.15, 0.2) is 35.5 Å². The van der Waals surface area contributed by atoms with Crippen LogP contribution in [0.2, 0.25) is 0 Å². The van der Waals surface area contributed by atoms with Crippen LogP contribution in [0.4, 0.5) is 10.9 Å². The van der Waals surface area contributed by atoms with E-state index in [2.05, 4.69) is 21.6 Å². The van der Waals surface area contributed by atoms with E-state index in [9.17, 15) is 10.1 Å². The maximum atomic E-state index is 13.2. The maximum absolute atomic E-state index is 13.2. The summed E-state index contributed by atoms with van der Waals surface area (Å²) in [6, 6.07) is 11.8. The maximum Gasteiger partial charge on any atom is 0.248 e. The van der Waals surface area contributed by atoms with E-state index in [0.717, 1.165) is 36.8 Å². The minimum atomic E-state index is -0.557. The minimum absolute atomic E-state index is 0.203. The zero-order chi connectivity index (χ0) is 21.8. The Kier molecular flexibility index (Phi) is 6.59. The summed E-state index contributed by atoms with van der Waals surface area (Å²) in [5, 5.41) is 22.1. The quantitative estimate of drug-likeness (QED) is 0.509. The zero-order valence-electron chi connectivity index (χ0n) is 17.3. The molecule has 1 aromatic carbocycles. The van der Waals surface area contributed by atoms with Crippen LogP contribution < -0.4 is 11.1 Å². The fourth-order valence-electron chi connectivity index (χ4n) is 3.85. The van der Waals surface area contributed by atoms with Crippen molar-refractivity contribution in [2.45, 2.75) is 56.0 Å². The van der Waals surface area contributed by atoms with Crippen LogP contribution in [0.1, 0.15) is 53.8 Å². The van der Waals surface area contributed by atoms with Gasteiger partial charge in [-0.1, -0.05) is 49.0 Å². The van der Waals surface area contributed by atoms with Crippen LogP contribution in [0, 0.1) is 11.3 Å². The smallest absolute Gasteiger partial charge is 0.248 e. The molecule has 1 amide bonds. The lowest BCUT2D eigenvalue weighted by atomic mass is 9.96. The van der Waals surface area contributed by atoms with E-state index in [-0.39, 0.29) is 11.9 Å². The molecule has 4 rings (SSSR count). The molecular weight excluding hydrogens is 428 g/mol. The molecule has 1 unspecified atom stereocenters. The summed E-state index contributed by atoms with van der Waals surface area (Å²) in [5.74, 6) is 0.710. The van der Waals surface area contributed by atoms with E-state index in [1.54, 1.807) is 4.57 Å². The van der Waals surface area contributed by atoms with Crippen molar-refractivity contribution >= 4 is 40.0 Å². The third kappa shape index (κ3) is 4.45. The number of nitriles is 1. The van der Waals surface area contributed by atoms with Gasteiger partial charge in [-0.3, -0.25) is 9.36 Å². The monoisotopic (exact) mass is 452 g/mol. The first-order valence-electron chi connectivity index (χ1n) is 10.3. The average Bonchev–Trinajstić information content (AvgIpc) is 3.33. The standard InChI is InChI=1S/C22H24N6OS2/c1-2-17(19(29)25-20-16(12-23)15-10-6-7-11-18(15)31-20)28-21(24)26-27-22(28)30-13-14-8-4-3-5-9-14/h3-5,8-9,17H,2,6-7,10-11,13H2,1H3,(H2,24,26)(H,25,29). The van der Waals surface area contributed by atoms with Gasteiger partial charge < -0.3 is 11.1 Å². The van der Waals surface area contributed by atoms with E-state index >= 15 is 0 Å². The molecule has 0 saturated heterocycles. The van der Waals surface area contributed by atoms with Crippen molar-refractivity contribution in [1.29, 1.82) is 5.26 Å². The van der Waals surface area contributed by atoms with Gasteiger partial charge in [-0.05, 0) is 43.2 Å². The number of nitrogens with one attached hydrogen (secondary N) is 1. The van der Waals surface area contributed by atoms with Crippen molar-refractivity contribution in [3.63, 3.8) is 0 Å². The van der Waals surface area contributed by atoms with E-state index in [1.165, 1.54) is 28.0 Å². The second-order valence-electron chi connectivity index (χ2n) is 7.43. The average molecular weight is 453 g/mol. The van der Waals surface area contributed by atoms with Crippen molar-refractivity contribution < 1.29 is 4.79 Å². The van der Waals surface area contributed by atoms with Gasteiger partial charge in [0.15, 0.2) is 5.16 Å². The van der Waals surface area contributed by atoms with Gasteiger partial charge in [-0.15, -0.1) is 21.5 Å². The van der Waals surface area contributed by atoms with Crippen LogP contribution in [-0.4, -0.2) is 20.7 Å². The lowest BCUT2D eigenvalue weighted by Gasteiger charge is -2.18. The van der Waals surface area contributed by atoms with Gasteiger partial charge >= 0.3 is 0 Å². The molecule has 2 heterocycles. The number of nitrogens with two attached hydrogens (primary N) is 1. The Labute approximate surface area is 189 Å². The first-order valence-corrected chi connectivity index (χ1v) is 12.1. The van der Waals surface area contributed by atoms with Gasteiger partial charge in [0.2, 0.25) is 11.9 Å². The number of nitrogen functional groups attached to an aromatic ring is 1. The Balaban J connectivity index is 1.55.